The number of rotatable bonds is 11. The number of carbonyl (C=O) groups excluding carboxylic acids is 1. The Morgan fingerprint density at radius 1 is 1.13 bits per heavy atom. The lowest BCUT2D eigenvalue weighted by Gasteiger charge is -2.13. The zero-order valence-corrected chi connectivity index (χ0v) is 18.4. The largest absolute Gasteiger partial charge is 0.496 e. The molecule has 0 radical (unpaired) electrons. The van der Waals surface area contributed by atoms with Gasteiger partial charge in [0.1, 0.15) is 24.4 Å². The number of methoxy groups -OCH3 is 1. The quantitative estimate of drug-likeness (QED) is 0.318. The van der Waals surface area contributed by atoms with Crippen molar-refractivity contribution < 1.29 is 14.3 Å². The number of benzene rings is 2. The first-order chi connectivity index (χ1) is 14.6. The van der Waals surface area contributed by atoms with Crippen molar-refractivity contribution in [2.24, 2.45) is 5.92 Å². The van der Waals surface area contributed by atoms with Crippen molar-refractivity contribution >= 4 is 18.0 Å². The molecule has 0 aliphatic heterocycles. The van der Waals surface area contributed by atoms with E-state index >= 15 is 0 Å². The number of ether oxygens (including phenoxy) is 2. The number of hydrogen-bond donors (Lipinski definition) is 0. The molecule has 0 aliphatic rings. The molecule has 0 saturated carbocycles. The Labute approximate surface area is 181 Å². The molecule has 0 unspecified atom stereocenters. The van der Waals surface area contributed by atoms with Crippen molar-refractivity contribution in [2.45, 2.75) is 44.3 Å². The van der Waals surface area contributed by atoms with Gasteiger partial charge in [0, 0.05) is 23.4 Å². The summed E-state index contributed by atoms with van der Waals surface area (Å²) in [4.78, 5) is 11.1. The molecule has 30 heavy (non-hydrogen) atoms. The second-order valence-electron chi connectivity index (χ2n) is 7.31. The van der Waals surface area contributed by atoms with E-state index in [-0.39, 0.29) is 0 Å². The number of nitrogens with zero attached hydrogens (tertiary/aromatic N) is 3. The summed E-state index contributed by atoms with van der Waals surface area (Å²) in [5, 5.41) is 9.62. The zero-order chi connectivity index (χ0) is 21.3. The highest BCUT2D eigenvalue weighted by molar-refractivity contribution is 7.98. The first kappa shape index (κ1) is 21.9. The average molecular weight is 426 g/mol. The van der Waals surface area contributed by atoms with Gasteiger partial charge in [-0.15, -0.1) is 10.2 Å². The molecule has 0 N–H and O–H groups in total. The SMILES string of the molecule is COc1ccc(C=O)cc1CSc1nnc(COc2ccccc2)n1CCC(C)C. The van der Waals surface area contributed by atoms with Crippen LogP contribution in [0.4, 0.5) is 0 Å². The lowest BCUT2D eigenvalue weighted by Crippen LogP contribution is -2.10. The predicted octanol–water partition coefficient (Wildman–Crippen LogP) is 5.02. The van der Waals surface area contributed by atoms with Gasteiger partial charge in [-0.1, -0.05) is 43.8 Å². The third kappa shape index (κ3) is 5.86. The van der Waals surface area contributed by atoms with E-state index in [0.29, 0.717) is 23.8 Å². The van der Waals surface area contributed by atoms with Crippen LogP contribution in [0.1, 0.15) is 42.0 Å². The van der Waals surface area contributed by atoms with Crippen molar-refractivity contribution in [2.75, 3.05) is 7.11 Å². The van der Waals surface area contributed by atoms with Crippen molar-refractivity contribution in [3.05, 3.63) is 65.5 Å². The Bertz CT molecular complexity index is 958. The van der Waals surface area contributed by atoms with Crippen molar-refractivity contribution in [1.82, 2.24) is 14.8 Å². The molecule has 1 aromatic heterocycles. The van der Waals surface area contributed by atoms with Gasteiger partial charge < -0.3 is 14.0 Å². The van der Waals surface area contributed by atoms with E-state index in [2.05, 4.69) is 28.6 Å². The van der Waals surface area contributed by atoms with Crippen LogP contribution in [-0.2, 0) is 18.9 Å². The van der Waals surface area contributed by atoms with Gasteiger partial charge >= 0.3 is 0 Å². The first-order valence-electron chi connectivity index (χ1n) is 9.95. The van der Waals surface area contributed by atoms with Crippen LogP contribution < -0.4 is 9.47 Å². The standard InChI is InChI=1S/C23H27N3O3S/c1-17(2)11-12-26-22(15-29-20-7-5-4-6-8-20)24-25-23(26)30-16-19-13-18(14-27)9-10-21(19)28-3/h4-10,13-14,17H,11-12,15-16H2,1-3H3. The highest BCUT2D eigenvalue weighted by atomic mass is 32.2. The molecule has 0 aliphatic carbocycles. The van der Waals surface area contributed by atoms with E-state index < -0.39 is 0 Å². The first-order valence-corrected chi connectivity index (χ1v) is 10.9. The van der Waals surface area contributed by atoms with E-state index in [9.17, 15) is 4.79 Å². The third-order valence-corrected chi connectivity index (χ3v) is 5.65. The maximum absolute atomic E-state index is 11.1. The van der Waals surface area contributed by atoms with Gasteiger partial charge in [-0.25, -0.2) is 0 Å². The molecular formula is C23H27N3O3S. The molecule has 0 saturated heterocycles. The summed E-state index contributed by atoms with van der Waals surface area (Å²) in [6.07, 6.45) is 1.87. The number of aldehydes is 1. The summed E-state index contributed by atoms with van der Waals surface area (Å²) in [6, 6.07) is 15.1. The van der Waals surface area contributed by atoms with E-state index in [1.807, 2.05) is 42.5 Å². The number of aromatic nitrogens is 3. The summed E-state index contributed by atoms with van der Waals surface area (Å²) in [5.41, 5.74) is 1.58. The normalized spacial score (nSPS) is 10.9. The second kappa shape index (κ2) is 10.8. The van der Waals surface area contributed by atoms with Gasteiger partial charge in [0.05, 0.1) is 7.11 Å². The van der Waals surface area contributed by atoms with Crippen LogP contribution in [0.15, 0.2) is 53.7 Å². The lowest BCUT2D eigenvalue weighted by molar-refractivity contribution is 0.112. The minimum absolute atomic E-state index is 0.361. The highest BCUT2D eigenvalue weighted by Gasteiger charge is 2.15. The Morgan fingerprint density at radius 2 is 1.93 bits per heavy atom. The van der Waals surface area contributed by atoms with Crippen LogP contribution in [0, 0.1) is 5.92 Å². The zero-order valence-electron chi connectivity index (χ0n) is 17.6. The fourth-order valence-corrected chi connectivity index (χ4v) is 3.90. The Balaban J connectivity index is 1.76. The summed E-state index contributed by atoms with van der Waals surface area (Å²) in [7, 11) is 1.63. The number of hydrogen-bond acceptors (Lipinski definition) is 6. The molecule has 1 heterocycles. The smallest absolute Gasteiger partial charge is 0.191 e. The molecule has 0 amide bonds. The second-order valence-corrected chi connectivity index (χ2v) is 8.25. The number of para-hydroxylation sites is 1. The van der Waals surface area contributed by atoms with Crippen LogP contribution in [0.5, 0.6) is 11.5 Å². The van der Waals surface area contributed by atoms with Gasteiger partial charge in [0.15, 0.2) is 11.0 Å². The van der Waals surface area contributed by atoms with E-state index in [1.165, 1.54) is 0 Å². The fraction of sp³-hybridized carbons (Fsp3) is 0.348. The van der Waals surface area contributed by atoms with Crippen molar-refractivity contribution in [1.29, 1.82) is 0 Å². The molecule has 158 valence electrons. The van der Waals surface area contributed by atoms with Gasteiger partial charge in [-0.3, -0.25) is 4.79 Å². The predicted molar refractivity (Wildman–Crippen MR) is 118 cm³/mol. The molecule has 0 spiro atoms. The van der Waals surface area contributed by atoms with Crippen LogP contribution in [0.25, 0.3) is 0 Å². The van der Waals surface area contributed by atoms with Crippen LogP contribution >= 0.6 is 11.8 Å². The van der Waals surface area contributed by atoms with Crippen molar-refractivity contribution in [3.8, 4) is 11.5 Å². The number of carbonyl (C=O) groups is 1. The fourth-order valence-electron chi connectivity index (χ4n) is 2.94. The lowest BCUT2D eigenvalue weighted by atomic mass is 10.1. The molecular weight excluding hydrogens is 398 g/mol. The Kier molecular flexibility index (Phi) is 7.90. The van der Waals surface area contributed by atoms with Gasteiger partial charge in [0.2, 0.25) is 0 Å². The molecule has 6 nitrogen and oxygen atoms in total. The highest BCUT2D eigenvalue weighted by Crippen LogP contribution is 2.29. The summed E-state index contributed by atoms with van der Waals surface area (Å²) in [5.74, 6) is 3.56. The molecule has 0 atom stereocenters. The minimum atomic E-state index is 0.361. The summed E-state index contributed by atoms with van der Waals surface area (Å²) >= 11 is 1.58. The van der Waals surface area contributed by atoms with E-state index in [0.717, 1.165) is 47.3 Å². The van der Waals surface area contributed by atoms with Crippen molar-refractivity contribution in [3.63, 3.8) is 0 Å². The summed E-state index contributed by atoms with van der Waals surface area (Å²) < 4.78 is 13.5. The average Bonchev–Trinajstić information content (AvgIpc) is 3.16. The summed E-state index contributed by atoms with van der Waals surface area (Å²) in [6.45, 7) is 5.59. The van der Waals surface area contributed by atoms with E-state index in [1.54, 1.807) is 24.9 Å². The Hall–Kier alpha value is -2.80. The monoisotopic (exact) mass is 425 g/mol. The van der Waals surface area contributed by atoms with Crippen LogP contribution in [-0.4, -0.2) is 28.2 Å². The maximum atomic E-state index is 11.1. The van der Waals surface area contributed by atoms with Crippen LogP contribution in [0.3, 0.4) is 0 Å². The third-order valence-electron chi connectivity index (χ3n) is 4.63. The maximum Gasteiger partial charge on any atom is 0.191 e. The molecule has 3 aromatic rings. The molecule has 0 bridgehead atoms. The van der Waals surface area contributed by atoms with Gasteiger partial charge in [-0.2, -0.15) is 0 Å². The molecule has 3 rings (SSSR count). The molecule has 0 fully saturated rings. The van der Waals surface area contributed by atoms with Gasteiger partial charge in [0.25, 0.3) is 0 Å². The number of thioether (sulfide) groups is 1. The van der Waals surface area contributed by atoms with E-state index in [4.69, 9.17) is 9.47 Å². The van der Waals surface area contributed by atoms with Crippen LogP contribution in [0.2, 0.25) is 0 Å². The Morgan fingerprint density at radius 3 is 2.63 bits per heavy atom. The minimum Gasteiger partial charge on any atom is -0.496 e. The topological polar surface area (TPSA) is 66.2 Å². The molecule has 7 heteroatoms. The molecule has 2 aromatic carbocycles. The van der Waals surface area contributed by atoms with Gasteiger partial charge in [-0.05, 0) is 42.7 Å².